The molecule has 0 aliphatic carbocycles. The number of carbonyl (C=O) groups excluding carboxylic acids is 2. The zero-order valence-corrected chi connectivity index (χ0v) is 19.5. The van der Waals surface area contributed by atoms with E-state index in [1.165, 1.54) is 19.1 Å². The van der Waals surface area contributed by atoms with Crippen molar-refractivity contribution in [1.29, 1.82) is 0 Å². The molecule has 36 heavy (non-hydrogen) atoms. The third-order valence-corrected chi connectivity index (χ3v) is 5.37. The zero-order chi connectivity index (χ0) is 26.1. The number of anilines is 1. The fraction of sp³-hybridized carbons (Fsp3) is 0.280. The van der Waals surface area contributed by atoms with Crippen molar-refractivity contribution in [2.45, 2.75) is 38.8 Å². The molecule has 2 amide bonds. The van der Waals surface area contributed by atoms with Gasteiger partial charge in [-0.2, -0.15) is 0 Å². The molecule has 0 spiro atoms. The highest BCUT2D eigenvalue weighted by Gasteiger charge is 2.24. The summed E-state index contributed by atoms with van der Waals surface area (Å²) in [6, 6.07) is 12.1. The topological polar surface area (TPSA) is 121 Å². The molecule has 0 aliphatic rings. The zero-order valence-electron chi connectivity index (χ0n) is 19.5. The SMILES string of the molecule is CC(=O)N(NCc1cccc(F)c1F)[C@@H](CCCC(=O)O)COC(=O)Nc1cc2ccccc2cn1. The molecule has 0 aliphatic heterocycles. The standard InChI is InChI=1S/C25H26F2N4O5/c1-16(32)31(29-14-19-8-4-10-21(26)24(19)27)20(9-5-11-23(33)34)15-36-25(35)30-22-12-17-6-2-3-7-18(17)13-28-22/h2-4,6-8,10,12-13,20,29H,5,9,11,14-15H2,1H3,(H,33,34)(H,28,30,35)/t20-/m0/s1. The van der Waals surface area contributed by atoms with Crippen LogP contribution in [0.25, 0.3) is 10.8 Å². The van der Waals surface area contributed by atoms with Gasteiger partial charge in [0.15, 0.2) is 11.6 Å². The Labute approximate surface area is 206 Å². The molecule has 1 atom stereocenters. The first-order valence-electron chi connectivity index (χ1n) is 11.2. The van der Waals surface area contributed by atoms with Gasteiger partial charge in [0.1, 0.15) is 12.4 Å². The van der Waals surface area contributed by atoms with E-state index < -0.39 is 35.6 Å². The summed E-state index contributed by atoms with van der Waals surface area (Å²) < 4.78 is 32.9. The summed E-state index contributed by atoms with van der Waals surface area (Å²) in [5, 5.41) is 14.4. The third-order valence-electron chi connectivity index (χ3n) is 5.37. The predicted molar refractivity (Wildman–Crippen MR) is 128 cm³/mol. The minimum absolute atomic E-state index is 0.00780. The van der Waals surface area contributed by atoms with Gasteiger partial charge in [0.05, 0.1) is 6.04 Å². The van der Waals surface area contributed by atoms with Crippen LogP contribution in [0.5, 0.6) is 0 Å². The number of carbonyl (C=O) groups is 3. The van der Waals surface area contributed by atoms with Crippen LogP contribution in [0.4, 0.5) is 19.4 Å². The molecular formula is C25H26F2N4O5. The Balaban J connectivity index is 1.66. The van der Waals surface area contributed by atoms with Crippen molar-refractivity contribution in [3.63, 3.8) is 0 Å². The highest BCUT2D eigenvalue weighted by Crippen LogP contribution is 2.17. The molecule has 0 bridgehead atoms. The molecule has 0 saturated heterocycles. The highest BCUT2D eigenvalue weighted by molar-refractivity contribution is 5.89. The first-order chi connectivity index (χ1) is 17.2. The number of benzene rings is 2. The van der Waals surface area contributed by atoms with Crippen LogP contribution in [0.2, 0.25) is 0 Å². The van der Waals surface area contributed by atoms with E-state index in [-0.39, 0.29) is 43.8 Å². The van der Waals surface area contributed by atoms with Gasteiger partial charge in [0, 0.05) is 37.0 Å². The van der Waals surface area contributed by atoms with Crippen LogP contribution < -0.4 is 10.7 Å². The van der Waals surface area contributed by atoms with Crippen molar-refractivity contribution in [2.24, 2.45) is 0 Å². The van der Waals surface area contributed by atoms with Gasteiger partial charge in [-0.15, -0.1) is 0 Å². The van der Waals surface area contributed by atoms with Gasteiger partial charge in [-0.25, -0.2) is 24.0 Å². The summed E-state index contributed by atoms with van der Waals surface area (Å²) in [4.78, 5) is 39.9. The third kappa shape index (κ3) is 7.44. The van der Waals surface area contributed by atoms with Crippen LogP contribution in [-0.2, 0) is 20.9 Å². The lowest BCUT2D eigenvalue weighted by Crippen LogP contribution is -2.50. The predicted octanol–water partition coefficient (Wildman–Crippen LogP) is 4.24. The van der Waals surface area contributed by atoms with Crippen molar-refractivity contribution in [1.82, 2.24) is 15.4 Å². The number of carboxylic acid groups (broad SMARTS) is 1. The Morgan fingerprint density at radius 3 is 2.58 bits per heavy atom. The average molecular weight is 501 g/mol. The normalized spacial score (nSPS) is 11.6. The molecule has 190 valence electrons. The largest absolute Gasteiger partial charge is 0.481 e. The number of nitrogens with one attached hydrogen (secondary N) is 2. The summed E-state index contributed by atoms with van der Waals surface area (Å²) in [7, 11) is 0. The summed E-state index contributed by atoms with van der Waals surface area (Å²) in [6.45, 7) is 0.751. The second-order valence-electron chi connectivity index (χ2n) is 8.02. The minimum Gasteiger partial charge on any atom is -0.481 e. The van der Waals surface area contributed by atoms with Gasteiger partial charge in [-0.1, -0.05) is 36.4 Å². The van der Waals surface area contributed by atoms with Gasteiger partial charge in [0.2, 0.25) is 5.91 Å². The Kier molecular flexibility index (Phi) is 9.23. The van der Waals surface area contributed by atoms with Crippen molar-refractivity contribution >= 4 is 34.6 Å². The van der Waals surface area contributed by atoms with E-state index in [2.05, 4.69) is 15.7 Å². The van der Waals surface area contributed by atoms with E-state index in [1.807, 2.05) is 24.3 Å². The Hall–Kier alpha value is -4.12. The number of fused-ring (bicyclic) bond motifs is 1. The molecular weight excluding hydrogens is 474 g/mol. The number of hydrogen-bond donors (Lipinski definition) is 3. The van der Waals surface area contributed by atoms with Crippen LogP contribution in [0.1, 0.15) is 31.7 Å². The van der Waals surface area contributed by atoms with E-state index in [4.69, 9.17) is 9.84 Å². The van der Waals surface area contributed by atoms with Crippen LogP contribution >= 0.6 is 0 Å². The Bertz CT molecular complexity index is 1240. The average Bonchev–Trinajstić information content (AvgIpc) is 2.84. The number of aliphatic carboxylic acids is 1. The summed E-state index contributed by atoms with van der Waals surface area (Å²) in [6.07, 6.45) is 0.990. The molecule has 1 heterocycles. The maximum Gasteiger partial charge on any atom is 0.412 e. The molecule has 11 heteroatoms. The number of aromatic nitrogens is 1. The Morgan fingerprint density at radius 1 is 1.11 bits per heavy atom. The first-order valence-corrected chi connectivity index (χ1v) is 11.2. The molecule has 3 N–H and O–H groups in total. The molecule has 9 nitrogen and oxygen atoms in total. The van der Waals surface area contributed by atoms with Gasteiger partial charge >= 0.3 is 12.1 Å². The number of hydrazine groups is 1. The first kappa shape index (κ1) is 26.5. The quantitative estimate of drug-likeness (QED) is 0.337. The maximum atomic E-state index is 14.0. The van der Waals surface area contributed by atoms with E-state index in [9.17, 15) is 23.2 Å². The monoisotopic (exact) mass is 500 g/mol. The minimum atomic E-state index is -1.05. The van der Waals surface area contributed by atoms with Gasteiger partial charge in [-0.3, -0.25) is 19.9 Å². The lowest BCUT2D eigenvalue weighted by atomic mass is 10.1. The lowest BCUT2D eigenvalue weighted by Gasteiger charge is -2.31. The summed E-state index contributed by atoms with van der Waals surface area (Å²) in [5.41, 5.74) is 2.73. The number of rotatable bonds is 11. The lowest BCUT2D eigenvalue weighted by molar-refractivity contribution is -0.137. The summed E-state index contributed by atoms with van der Waals surface area (Å²) >= 11 is 0. The molecule has 0 radical (unpaired) electrons. The second kappa shape index (κ2) is 12.5. The van der Waals surface area contributed by atoms with Crippen molar-refractivity contribution < 1.29 is 33.0 Å². The van der Waals surface area contributed by atoms with E-state index in [0.29, 0.717) is 0 Å². The smallest absolute Gasteiger partial charge is 0.412 e. The van der Waals surface area contributed by atoms with E-state index in [0.717, 1.165) is 21.8 Å². The van der Waals surface area contributed by atoms with Gasteiger partial charge in [0.25, 0.3) is 0 Å². The number of amides is 2. The maximum absolute atomic E-state index is 14.0. The fourth-order valence-corrected chi connectivity index (χ4v) is 3.59. The molecule has 0 fully saturated rings. The second-order valence-corrected chi connectivity index (χ2v) is 8.02. The number of carboxylic acids is 1. The van der Waals surface area contributed by atoms with Crippen molar-refractivity contribution in [3.8, 4) is 0 Å². The van der Waals surface area contributed by atoms with Gasteiger partial charge in [-0.05, 0) is 30.4 Å². The Morgan fingerprint density at radius 2 is 1.86 bits per heavy atom. The van der Waals surface area contributed by atoms with Crippen LogP contribution in [0.3, 0.4) is 0 Å². The molecule has 2 aromatic carbocycles. The molecule has 0 saturated carbocycles. The molecule has 0 unspecified atom stereocenters. The molecule has 3 rings (SSSR count). The highest BCUT2D eigenvalue weighted by atomic mass is 19.2. The number of nitrogens with zero attached hydrogens (tertiary/aromatic N) is 2. The molecule has 3 aromatic rings. The van der Waals surface area contributed by atoms with Crippen molar-refractivity contribution in [2.75, 3.05) is 11.9 Å². The van der Waals surface area contributed by atoms with Crippen LogP contribution in [0, 0.1) is 11.6 Å². The van der Waals surface area contributed by atoms with Crippen LogP contribution in [-0.4, -0.2) is 45.7 Å². The molecule has 1 aromatic heterocycles. The van der Waals surface area contributed by atoms with E-state index in [1.54, 1.807) is 12.3 Å². The fourth-order valence-electron chi connectivity index (χ4n) is 3.59. The number of hydrogen-bond acceptors (Lipinski definition) is 6. The number of halogens is 2. The van der Waals surface area contributed by atoms with E-state index >= 15 is 0 Å². The number of pyridine rings is 1. The van der Waals surface area contributed by atoms with Crippen molar-refractivity contribution in [3.05, 3.63) is 71.9 Å². The summed E-state index contributed by atoms with van der Waals surface area (Å²) in [5.74, 6) is -3.30. The van der Waals surface area contributed by atoms with Gasteiger partial charge < -0.3 is 9.84 Å². The van der Waals surface area contributed by atoms with Crippen LogP contribution in [0.15, 0.2) is 54.7 Å². The number of ether oxygens (including phenoxy) is 1.